The summed E-state index contributed by atoms with van der Waals surface area (Å²) in [6.07, 6.45) is 1.13. The Balaban J connectivity index is 1.65. The highest BCUT2D eigenvalue weighted by Gasteiger charge is 2.47. The zero-order valence-electron chi connectivity index (χ0n) is 28.4. The lowest BCUT2D eigenvalue weighted by Crippen LogP contribution is -2.67. The van der Waals surface area contributed by atoms with E-state index < -0.39 is 20.2 Å². The van der Waals surface area contributed by atoms with Crippen molar-refractivity contribution in [2.75, 3.05) is 13.7 Å². The molecule has 4 aromatic carbocycles. The second-order valence-corrected chi connectivity index (χ2v) is 18.8. The van der Waals surface area contributed by atoms with Crippen molar-refractivity contribution in [2.24, 2.45) is 5.92 Å². The third-order valence-electron chi connectivity index (χ3n) is 9.73. The van der Waals surface area contributed by atoms with Gasteiger partial charge in [-0.05, 0) is 48.2 Å². The van der Waals surface area contributed by atoms with Gasteiger partial charge in [0.15, 0.2) is 0 Å². The van der Waals surface area contributed by atoms with Crippen molar-refractivity contribution in [1.29, 1.82) is 0 Å². The van der Waals surface area contributed by atoms with E-state index in [1.165, 1.54) is 17.5 Å². The molecule has 4 aromatic rings. The Kier molecular flexibility index (Phi) is 11.5. The van der Waals surface area contributed by atoms with Gasteiger partial charge < -0.3 is 14.1 Å². The van der Waals surface area contributed by atoms with Crippen molar-refractivity contribution in [3.8, 4) is 0 Å². The van der Waals surface area contributed by atoms with Crippen LogP contribution in [0.15, 0.2) is 109 Å². The van der Waals surface area contributed by atoms with Gasteiger partial charge in [0.05, 0.1) is 33.9 Å². The fourth-order valence-electron chi connectivity index (χ4n) is 7.43. The van der Waals surface area contributed by atoms with Crippen LogP contribution < -0.4 is 10.4 Å². The summed E-state index contributed by atoms with van der Waals surface area (Å²) in [6.45, 7) is 9.19. The van der Waals surface area contributed by atoms with Crippen LogP contribution in [0, 0.1) is 5.92 Å². The van der Waals surface area contributed by atoms with Crippen LogP contribution in [0.5, 0.6) is 0 Å². The number of methoxy groups -OCH3 is 1. The van der Waals surface area contributed by atoms with E-state index in [0.29, 0.717) is 29.5 Å². The molecule has 2 unspecified atom stereocenters. The zero-order valence-corrected chi connectivity index (χ0v) is 30.9. The summed E-state index contributed by atoms with van der Waals surface area (Å²) in [7, 11) is -1.54. The van der Waals surface area contributed by atoms with Crippen LogP contribution in [0.2, 0.25) is 15.1 Å². The molecule has 8 heteroatoms. The highest BCUT2D eigenvalue weighted by molar-refractivity contribution is 6.99. The van der Waals surface area contributed by atoms with Gasteiger partial charge in [-0.2, -0.15) is 10.4 Å². The highest BCUT2D eigenvalue weighted by atomic mass is 35.5. The fraction of sp³-hybridized carbons (Fsp3) is 0.350. The molecule has 5 rings (SSSR count). The number of halogens is 2. The van der Waals surface area contributed by atoms with Gasteiger partial charge in [0.1, 0.15) is 0 Å². The number of hydrogen-bond donors (Lipinski definition) is 0. The number of likely N-dealkylation sites (tertiary alicyclic amines) is 1. The molecular formula is C40H45Cl2NO4Si-. The lowest BCUT2D eigenvalue weighted by Gasteiger charge is -2.57. The van der Waals surface area contributed by atoms with Crippen molar-refractivity contribution in [1.82, 2.24) is 4.90 Å². The summed E-state index contributed by atoms with van der Waals surface area (Å²) >= 11 is 12.9. The third-order valence-corrected chi connectivity index (χ3v) is 15.2. The molecule has 0 bridgehead atoms. The maximum absolute atomic E-state index is 14.8. The lowest BCUT2D eigenvalue weighted by atomic mass is 9.74. The van der Waals surface area contributed by atoms with Crippen molar-refractivity contribution in [3.05, 3.63) is 130 Å². The van der Waals surface area contributed by atoms with Gasteiger partial charge in [0.25, 0.3) is 0 Å². The lowest BCUT2D eigenvalue weighted by molar-refractivity contribution is -0.154. The number of nitrogens with zero attached hydrogens (tertiary/aromatic N) is 1. The molecule has 5 nitrogen and oxygen atoms in total. The molecule has 1 heterocycles. The van der Waals surface area contributed by atoms with Crippen LogP contribution in [0.3, 0.4) is 0 Å². The predicted molar refractivity (Wildman–Crippen MR) is 198 cm³/mol. The molecule has 253 valence electrons. The molecule has 0 spiro atoms. The number of carbonyl (C=O) groups is 2. The van der Waals surface area contributed by atoms with E-state index in [-0.39, 0.29) is 35.4 Å². The van der Waals surface area contributed by atoms with Gasteiger partial charge in [-0.3, -0.25) is 9.59 Å². The molecule has 1 fully saturated rings. The van der Waals surface area contributed by atoms with Crippen LogP contribution in [0.4, 0.5) is 0 Å². The standard InChI is InChI=1S/C40H45Cl2NO4Si/c1-6-33(27-47-48(40(2,3)4,34-16-9-7-10-17-34)35-18-11-8-12-19-35)43-38(28-20-22-31(41)23-21-28)36(29-14-13-15-32(42)24-29)25-30(39(43)45)26-37(44)46-5/h7-24,30,33,36,38H,6,25-27H2,1-5H3/q-1/t30?,33?,36-,38-/m1/s1. The van der Waals surface area contributed by atoms with Crippen LogP contribution in [0.25, 0.3) is 0 Å². The number of piperidine rings is 1. The summed E-state index contributed by atoms with van der Waals surface area (Å²) in [4.78, 5) is 29.4. The molecule has 0 saturated carbocycles. The van der Waals surface area contributed by atoms with Crippen molar-refractivity contribution >= 4 is 53.8 Å². The first kappa shape index (κ1) is 35.9. The molecule has 0 aliphatic carbocycles. The van der Waals surface area contributed by atoms with Gasteiger partial charge in [-0.1, -0.05) is 136 Å². The fourth-order valence-corrected chi connectivity index (χ4v) is 12.3. The van der Waals surface area contributed by atoms with Crippen molar-refractivity contribution < 1.29 is 18.8 Å². The summed E-state index contributed by atoms with van der Waals surface area (Å²) in [5, 5.41) is 3.37. The first-order valence-electron chi connectivity index (χ1n) is 16.6. The normalized spacial score (nSPS) is 19.2. The van der Waals surface area contributed by atoms with Crippen LogP contribution in [-0.2, 0) is 18.8 Å². The van der Waals surface area contributed by atoms with Crippen LogP contribution >= 0.6 is 23.2 Å². The topological polar surface area (TPSA) is 55.8 Å². The van der Waals surface area contributed by atoms with Gasteiger partial charge in [-0.15, -0.1) is 5.04 Å². The number of rotatable bonds is 11. The van der Waals surface area contributed by atoms with E-state index in [4.69, 9.17) is 32.4 Å². The van der Waals surface area contributed by atoms with Crippen LogP contribution in [0.1, 0.15) is 70.0 Å². The molecule has 1 saturated heterocycles. The Morgan fingerprint density at radius 3 is 1.98 bits per heavy atom. The first-order valence-corrected chi connectivity index (χ1v) is 19.3. The summed E-state index contributed by atoms with van der Waals surface area (Å²) in [5.41, 5.74) is 1.98. The Hall–Kier alpha value is -3.42. The molecule has 0 radical (unpaired) electrons. The predicted octanol–water partition coefficient (Wildman–Crippen LogP) is 8.59. The van der Waals surface area contributed by atoms with E-state index in [9.17, 15) is 9.59 Å². The van der Waals surface area contributed by atoms with Gasteiger partial charge in [-0.25, -0.2) is 0 Å². The van der Waals surface area contributed by atoms with Gasteiger partial charge in [0, 0.05) is 28.5 Å². The first-order chi connectivity index (χ1) is 23.0. The molecule has 4 atom stereocenters. The number of hydrogen-bond acceptors (Lipinski definition) is 4. The maximum Gasteiger partial charge on any atom is 0.306 e. The van der Waals surface area contributed by atoms with E-state index >= 15 is 0 Å². The molecule has 1 aliphatic rings. The Morgan fingerprint density at radius 2 is 1.46 bits per heavy atom. The van der Waals surface area contributed by atoms with Gasteiger partial charge in [0.2, 0.25) is 5.91 Å². The Bertz CT molecular complexity index is 1640. The second kappa shape index (κ2) is 15.4. The SMILES string of the molecule is CCC(CO[Si-](c1ccccc1)(c1ccccc1)C(C)(C)C)N1C(=O)C(CC(=O)OC)C[C@H](c2cccc(Cl)c2)[C@H]1c1ccc(Cl)cc1. The number of benzene rings is 4. The van der Waals surface area contributed by atoms with E-state index in [2.05, 4.69) is 82.3 Å². The summed E-state index contributed by atoms with van der Waals surface area (Å²) in [6, 6.07) is 36.0. The third kappa shape index (κ3) is 7.42. The Labute approximate surface area is 296 Å². The average molecular weight is 703 g/mol. The van der Waals surface area contributed by atoms with Crippen molar-refractivity contribution in [2.45, 2.75) is 70.0 Å². The van der Waals surface area contributed by atoms with Gasteiger partial charge >= 0.3 is 5.97 Å². The molecule has 1 amide bonds. The number of esters is 1. The minimum Gasteiger partial charge on any atom is -0.556 e. The molecule has 0 N–H and O–H groups in total. The smallest absolute Gasteiger partial charge is 0.306 e. The number of amides is 1. The van der Waals surface area contributed by atoms with E-state index in [1.807, 2.05) is 59.5 Å². The average Bonchev–Trinajstić information content (AvgIpc) is 3.08. The summed E-state index contributed by atoms with van der Waals surface area (Å²) in [5.74, 6) is -1.18. The summed E-state index contributed by atoms with van der Waals surface area (Å²) < 4.78 is 12.5. The molecule has 1 aliphatic heterocycles. The maximum atomic E-state index is 14.8. The van der Waals surface area contributed by atoms with Crippen LogP contribution in [-0.4, -0.2) is 44.9 Å². The largest absolute Gasteiger partial charge is 0.556 e. The zero-order chi connectivity index (χ0) is 34.5. The quantitative estimate of drug-likeness (QED) is 0.116. The minimum atomic E-state index is -2.91. The molecule has 0 aromatic heterocycles. The number of ether oxygens (including phenoxy) is 1. The minimum absolute atomic E-state index is 0.00222. The van der Waals surface area contributed by atoms with Crippen molar-refractivity contribution in [3.63, 3.8) is 0 Å². The highest BCUT2D eigenvalue weighted by Crippen LogP contribution is 2.48. The van der Waals surface area contributed by atoms with E-state index in [0.717, 1.165) is 11.1 Å². The molecular weight excluding hydrogens is 657 g/mol. The monoisotopic (exact) mass is 701 g/mol. The second-order valence-electron chi connectivity index (χ2n) is 13.7. The molecule has 48 heavy (non-hydrogen) atoms. The van der Waals surface area contributed by atoms with E-state index in [1.54, 1.807) is 0 Å². The number of carbonyl (C=O) groups excluding carboxylic acids is 2. The Morgan fingerprint density at radius 1 is 0.854 bits per heavy atom.